The fraction of sp³-hybridized carbons (Fsp3) is 0.520. The minimum atomic E-state index is -0.909. The molecule has 0 radical (unpaired) electrons. The van der Waals surface area contributed by atoms with E-state index in [4.69, 9.17) is 14.7 Å². The average molecular weight is 437 g/mol. The fourth-order valence-corrected chi connectivity index (χ4v) is 4.56. The molecule has 2 amide bonds. The van der Waals surface area contributed by atoms with Gasteiger partial charge in [0.05, 0.1) is 12.6 Å². The number of rotatable bonds is 5. The zero-order chi connectivity index (χ0) is 22.9. The smallest absolute Gasteiger partial charge is 0.254 e. The Kier molecular flexibility index (Phi) is 6.29. The number of fused-ring (bicyclic) bond motifs is 1. The number of aryl methyl sites for hydroxylation is 1. The monoisotopic (exact) mass is 436 g/mol. The normalized spacial score (nSPS) is 19.1. The Bertz CT molecular complexity index is 1010. The molecule has 0 bridgehead atoms. The van der Waals surface area contributed by atoms with E-state index in [-0.39, 0.29) is 17.9 Å². The number of piperidine rings is 1. The molecule has 2 aromatic rings. The molecule has 1 atom stereocenters. The highest BCUT2D eigenvalue weighted by atomic mass is 16.5. The lowest BCUT2D eigenvalue weighted by Crippen LogP contribution is -2.50. The molecule has 2 aliphatic heterocycles. The van der Waals surface area contributed by atoms with E-state index >= 15 is 0 Å². The summed E-state index contributed by atoms with van der Waals surface area (Å²) in [6.45, 7) is 6.70. The lowest BCUT2D eigenvalue weighted by Gasteiger charge is -2.39. The molecule has 3 heterocycles. The zero-order valence-electron chi connectivity index (χ0n) is 19.4. The van der Waals surface area contributed by atoms with Gasteiger partial charge in [0.1, 0.15) is 11.4 Å². The molecule has 170 valence electrons. The van der Waals surface area contributed by atoms with Crippen molar-refractivity contribution in [2.75, 3.05) is 18.6 Å². The molecule has 1 saturated heterocycles. The van der Waals surface area contributed by atoms with Crippen LogP contribution in [-0.4, -0.2) is 45.9 Å². The van der Waals surface area contributed by atoms with Crippen LogP contribution in [0.15, 0.2) is 30.3 Å². The standard InChI is InChI=1S/C25H32N4O3/c1-17-19-13-14-21(30)29(16-18-10-6-5-7-11-18)23(19)27-22(26-17)20-12-8-9-15-28(20)24(31)25(2,3)32-4/h5-7,10-11,20H,8-9,12-16H2,1-4H3/t20-/m1/s1. The van der Waals surface area contributed by atoms with Gasteiger partial charge in [-0.2, -0.15) is 0 Å². The Labute approximate surface area is 189 Å². The number of ether oxygens (including phenoxy) is 1. The third kappa shape index (κ3) is 4.26. The molecule has 4 rings (SSSR count). The predicted molar refractivity (Wildman–Crippen MR) is 122 cm³/mol. The maximum atomic E-state index is 13.2. The van der Waals surface area contributed by atoms with Crippen LogP contribution in [0.5, 0.6) is 0 Å². The van der Waals surface area contributed by atoms with Gasteiger partial charge in [0.2, 0.25) is 5.91 Å². The molecular weight excluding hydrogens is 404 g/mol. The summed E-state index contributed by atoms with van der Waals surface area (Å²) in [6.07, 6.45) is 3.87. The Hall–Kier alpha value is -2.80. The molecular formula is C25H32N4O3. The fourth-order valence-electron chi connectivity index (χ4n) is 4.56. The van der Waals surface area contributed by atoms with Crippen LogP contribution in [0.4, 0.5) is 5.82 Å². The van der Waals surface area contributed by atoms with Crippen LogP contribution >= 0.6 is 0 Å². The molecule has 0 aliphatic carbocycles. The van der Waals surface area contributed by atoms with Gasteiger partial charge in [-0.05, 0) is 52.0 Å². The van der Waals surface area contributed by atoms with Crippen molar-refractivity contribution in [3.63, 3.8) is 0 Å². The Morgan fingerprint density at radius 3 is 2.62 bits per heavy atom. The summed E-state index contributed by atoms with van der Waals surface area (Å²) >= 11 is 0. The van der Waals surface area contributed by atoms with Gasteiger partial charge < -0.3 is 9.64 Å². The molecule has 0 N–H and O–H groups in total. The van der Waals surface area contributed by atoms with Gasteiger partial charge in [0.25, 0.3) is 5.91 Å². The molecule has 1 aromatic carbocycles. The number of hydrogen-bond acceptors (Lipinski definition) is 5. The van der Waals surface area contributed by atoms with Crippen LogP contribution in [0.25, 0.3) is 0 Å². The minimum Gasteiger partial charge on any atom is -0.369 e. The van der Waals surface area contributed by atoms with Crippen molar-refractivity contribution in [3.05, 3.63) is 53.0 Å². The molecule has 7 nitrogen and oxygen atoms in total. The number of hydrogen-bond donors (Lipinski definition) is 0. The largest absolute Gasteiger partial charge is 0.369 e. The summed E-state index contributed by atoms with van der Waals surface area (Å²) < 4.78 is 5.46. The number of carbonyl (C=O) groups is 2. The van der Waals surface area contributed by atoms with Crippen LogP contribution in [0, 0.1) is 6.92 Å². The predicted octanol–water partition coefficient (Wildman–Crippen LogP) is 3.74. The average Bonchev–Trinajstić information content (AvgIpc) is 2.81. The number of amides is 2. The van der Waals surface area contributed by atoms with Crippen LogP contribution in [0.3, 0.4) is 0 Å². The number of aromatic nitrogens is 2. The van der Waals surface area contributed by atoms with Gasteiger partial charge in [-0.25, -0.2) is 9.97 Å². The summed E-state index contributed by atoms with van der Waals surface area (Å²) in [6, 6.07) is 9.74. The van der Waals surface area contributed by atoms with Crippen molar-refractivity contribution >= 4 is 17.6 Å². The Morgan fingerprint density at radius 1 is 1.16 bits per heavy atom. The summed E-state index contributed by atoms with van der Waals surface area (Å²) in [5.41, 5.74) is 2.06. The third-order valence-electron chi connectivity index (χ3n) is 6.63. The summed E-state index contributed by atoms with van der Waals surface area (Å²) in [5.74, 6) is 1.33. The highest BCUT2D eigenvalue weighted by Crippen LogP contribution is 2.35. The first kappa shape index (κ1) is 22.4. The maximum Gasteiger partial charge on any atom is 0.254 e. The SMILES string of the molecule is COC(C)(C)C(=O)N1CCCC[C@@H]1c1nc(C)c2c(n1)N(Cc1ccccc1)C(=O)CC2. The van der Waals surface area contributed by atoms with E-state index in [0.717, 1.165) is 36.1 Å². The first-order chi connectivity index (χ1) is 15.3. The molecule has 7 heteroatoms. The second kappa shape index (κ2) is 8.98. The van der Waals surface area contributed by atoms with Gasteiger partial charge in [-0.3, -0.25) is 14.5 Å². The van der Waals surface area contributed by atoms with E-state index in [0.29, 0.717) is 37.6 Å². The first-order valence-corrected chi connectivity index (χ1v) is 11.4. The Balaban J connectivity index is 1.72. The van der Waals surface area contributed by atoms with E-state index in [1.54, 1.807) is 25.9 Å². The molecule has 0 saturated carbocycles. The van der Waals surface area contributed by atoms with E-state index in [1.165, 1.54) is 0 Å². The van der Waals surface area contributed by atoms with Gasteiger partial charge in [0, 0.05) is 31.3 Å². The van der Waals surface area contributed by atoms with Crippen molar-refractivity contribution in [3.8, 4) is 0 Å². The zero-order valence-corrected chi connectivity index (χ0v) is 19.4. The number of anilines is 1. The number of carbonyl (C=O) groups excluding carboxylic acids is 2. The van der Waals surface area contributed by atoms with E-state index in [2.05, 4.69) is 0 Å². The molecule has 0 unspecified atom stereocenters. The summed E-state index contributed by atoms with van der Waals surface area (Å²) in [5, 5.41) is 0. The number of nitrogens with zero attached hydrogens (tertiary/aromatic N) is 4. The lowest BCUT2D eigenvalue weighted by molar-refractivity contribution is -0.155. The van der Waals surface area contributed by atoms with E-state index in [9.17, 15) is 9.59 Å². The van der Waals surface area contributed by atoms with Crippen LogP contribution < -0.4 is 4.90 Å². The van der Waals surface area contributed by atoms with Crippen LogP contribution in [0.2, 0.25) is 0 Å². The quantitative estimate of drug-likeness (QED) is 0.714. The minimum absolute atomic E-state index is 0.0547. The molecule has 32 heavy (non-hydrogen) atoms. The highest BCUT2D eigenvalue weighted by Gasteiger charge is 2.39. The third-order valence-corrected chi connectivity index (χ3v) is 6.63. The van der Waals surface area contributed by atoms with Crippen molar-refractivity contribution in [1.82, 2.24) is 14.9 Å². The van der Waals surface area contributed by atoms with Crippen LogP contribution in [0.1, 0.15) is 68.2 Å². The number of methoxy groups -OCH3 is 1. The van der Waals surface area contributed by atoms with Crippen molar-refractivity contribution in [2.24, 2.45) is 0 Å². The van der Waals surface area contributed by atoms with Gasteiger partial charge in [-0.1, -0.05) is 30.3 Å². The maximum absolute atomic E-state index is 13.2. The summed E-state index contributed by atoms with van der Waals surface area (Å²) in [7, 11) is 1.56. The van der Waals surface area contributed by atoms with Gasteiger partial charge in [0.15, 0.2) is 5.82 Å². The molecule has 1 aromatic heterocycles. The molecule has 1 fully saturated rings. The van der Waals surface area contributed by atoms with E-state index in [1.807, 2.05) is 42.2 Å². The van der Waals surface area contributed by atoms with Crippen molar-refractivity contribution in [1.29, 1.82) is 0 Å². The highest BCUT2D eigenvalue weighted by molar-refractivity contribution is 5.95. The van der Waals surface area contributed by atoms with Gasteiger partial charge >= 0.3 is 0 Å². The second-order valence-corrected chi connectivity index (χ2v) is 9.16. The topological polar surface area (TPSA) is 75.6 Å². The number of likely N-dealkylation sites (tertiary alicyclic amines) is 1. The molecule has 2 aliphatic rings. The van der Waals surface area contributed by atoms with Crippen LogP contribution in [-0.2, 0) is 27.3 Å². The molecule has 0 spiro atoms. The van der Waals surface area contributed by atoms with Crippen molar-refractivity contribution < 1.29 is 14.3 Å². The first-order valence-electron chi connectivity index (χ1n) is 11.4. The van der Waals surface area contributed by atoms with Gasteiger partial charge in [-0.15, -0.1) is 0 Å². The number of benzene rings is 1. The lowest BCUT2D eigenvalue weighted by atomic mass is 9.96. The van der Waals surface area contributed by atoms with E-state index < -0.39 is 5.60 Å². The second-order valence-electron chi connectivity index (χ2n) is 9.16. The summed E-state index contributed by atoms with van der Waals surface area (Å²) in [4.78, 5) is 39.5. The Morgan fingerprint density at radius 2 is 1.91 bits per heavy atom. The van der Waals surface area contributed by atoms with Crippen molar-refractivity contribution in [2.45, 2.75) is 71.1 Å².